The zero-order valence-corrected chi connectivity index (χ0v) is 7.85. The first-order valence-electron chi connectivity index (χ1n) is 3.68. The molecule has 0 bridgehead atoms. The van der Waals surface area contributed by atoms with Crippen LogP contribution in [0, 0.1) is 5.95 Å². The second-order valence-electron chi connectivity index (χ2n) is 3.07. The topological polar surface area (TPSA) is 59.1 Å². The SMILES string of the molecule is C[C@@](N)(CO)c1cc(Cl)cnc1F. The summed E-state index contributed by atoms with van der Waals surface area (Å²) in [5.41, 5.74) is 4.58. The fraction of sp³-hybridized carbons (Fsp3) is 0.375. The van der Waals surface area contributed by atoms with E-state index in [2.05, 4.69) is 4.98 Å². The van der Waals surface area contributed by atoms with Crippen LogP contribution in [-0.2, 0) is 5.54 Å². The number of halogens is 2. The van der Waals surface area contributed by atoms with E-state index in [1.54, 1.807) is 0 Å². The predicted octanol–water partition coefficient (Wildman–Crippen LogP) is 1.04. The minimum absolute atomic E-state index is 0.113. The van der Waals surface area contributed by atoms with Crippen LogP contribution in [-0.4, -0.2) is 16.7 Å². The molecule has 0 aliphatic heterocycles. The molecule has 13 heavy (non-hydrogen) atoms. The third-order valence-electron chi connectivity index (χ3n) is 1.75. The molecule has 0 saturated heterocycles. The van der Waals surface area contributed by atoms with Crippen LogP contribution in [0.4, 0.5) is 4.39 Å². The summed E-state index contributed by atoms with van der Waals surface area (Å²) in [5.74, 6) is -0.705. The van der Waals surface area contributed by atoms with Gasteiger partial charge in [-0.2, -0.15) is 4.39 Å². The van der Waals surface area contributed by atoms with Crippen LogP contribution in [0.15, 0.2) is 12.3 Å². The second kappa shape index (κ2) is 3.57. The molecule has 0 radical (unpaired) electrons. The predicted molar refractivity (Wildman–Crippen MR) is 47.8 cm³/mol. The van der Waals surface area contributed by atoms with Crippen molar-refractivity contribution in [2.45, 2.75) is 12.5 Å². The maximum absolute atomic E-state index is 13.1. The Balaban J connectivity index is 3.20. The molecule has 5 heteroatoms. The van der Waals surface area contributed by atoms with Crippen molar-refractivity contribution in [2.75, 3.05) is 6.61 Å². The van der Waals surface area contributed by atoms with E-state index in [-0.39, 0.29) is 12.2 Å². The molecular weight excluding hydrogens is 195 g/mol. The number of hydrogen-bond donors (Lipinski definition) is 2. The molecule has 0 aliphatic rings. The molecule has 1 rings (SSSR count). The molecule has 1 aromatic heterocycles. The number of aliphatic hydroxyl groups excluding tert-OH is 1. The highest BCUT2D eigenvalue weighted by molar-refractivity contribution is 6.30. The van der Waals surface area contributed by atoms with Crippen molar-refractivity contribution in [3.8, 4) is 0 Å². The van der Waals surface area contributed by atoms with Gasteiger partial charge in [-0.1, -0.05) is 11.6 Å². The standard InChI is InChI=1S/C8H10ClFN2O/c1-8(11,4-13)6-2-5(9)3-12-7(6)10/h2-3,13H,4,11H2,1H3/t8-/m1/s1. The van der Waals surface area contributed by atoms with Crippen LogP contribution in [0.25, 0.3) is 0 Å². The van der Waals surface area contributed by atoms with Crippen molar-refractivity contribution in [1.82, 2.24) is 4.98 Å². The van der Waals surface area contributed by atoms with Crippen molar-refractivity contribution in [3.63, 3.8) is 0 Å². The summed E-state index contributed by atoms with van der Waals surface area (Å²) < 4.78 is 13.1. The number of aromatic nitrogens is 1. The lowest BCUT2D eigenvalue weighted by Crippen LogP contribution is -2.38. The van der Waals surface area contributed by atoms with Crippen LogP contribution < -0.4 is 5.73 Å². The van der Waals surface area contributed by atoms with Gasteiger partial charge in [0.2, 0.25) is 5.95 Å². The van der Waals surface area contributed by atoms with Gasteiger partial charge in [-0.05, 0) is 13.0 Å². The molecule has 3 N–H and O–H groups in total. The summed E-state index contributed by atoms with van der Waals surface area (Å²) in [6, 6.07) is 1.36. The van der Waals surface area contributed by atoms with Crippen LogP contribution in [0.1, 0.15) is 12.5 Å². The monoisotopic (exact) mass is 204 g/mol. The summed E-state index contributed by atoms with van der Waals surface area (Å²) in [6.07, 6.45) is 1.19. The van der Waals surface area contributed by atoms with Crippen LogP contribution in [0.2, 0.25) is 5.02 Å². The van der Waals surface area contributed by atoms with Crippen molar-refractivity contribution in [1.29, 1.82) is 0 Å². The molecule has 0 aromatic carbocycles. The van der Waals surface area contributed by atoms with Crippen molar-refractivity contribution in [3.05, 3.63) is 28.8 Å². The molecule has 1 heterocycles. The lowest BCUT2D eigenvalue weighted by atomic mass is 9.96. The van der Waals surface area contributed by atoms with Gasteiger partial charge >= 0.3 is 0 Å². The van der Waals surface area contributed by atoms with Crippen molar-refractivity contribution < 1.29 is 9.50 Å². The van der Waals surface area contributed by atoms with Gasteiger partial charge in [-0.3, -0.25) is 0 Å². The maximum atomic E-state index is 13.1. The molecule has 1 atom stereocenters. The average molecular weight is 205 g/mol. The van der Waals surface area contributed by atoms with Gasteiger partial charge in [0.1, 0.15) is 0 Å². The van der Waals surface area contributed by atoms with E-state index in [0.717, 1.165) is 0 Å². The molecular formula is C8H10ClFN2O. The van der Waals surface area contributed by atoms with E-state index in [1.807, 2.05) is 0 Å². The Morgan fingerprint density at radius 1 is 1.77 bits per heavy atom. The zero-order chi connectivity index (χ0) is 10.1. The quantitative estimate of drug-likeness (QED) is 0.708. The van der Waals surface area contributed by atoms with E-state index >= 15 is 0 Å². The highest BCUT2D eigenvalue weighted by Gasteiger charge is 2.24. The third kappa shape index (κ3) is 2.15. The summed E-state index contributed by atoms with van der Waals surface area (Å²) >= 11 is 5.61. The largest absolute Gasteiger partial charge is 0.394 e. The van der Waals surface area contributed by atoms with Gasteiger partial charge in [-0.25, -0.2) is 4.98 Å². The van der Waals surface area contributed by atoms with Gasteiger partial charge in [0.15, 0.2) is 0 Å². The molecule has 0 unspecified atom stereocenters. The molecule has 0 fully saturated rings. The Bertz CT molecular complexity index is 317. The van der Waals surface area contributed by atoms with E-state index in [0.29, 0.717) is 5.02 Å². The van der Waals surface area contributed by atoms with Crippen LogP contribution in [0.3, 0.4) is 0 Å². The zero-order valence-electron chi connectivity index (χ0n) is 7.09. The van der Waals surface area contributed by atoms with Gasteiger partial charge in [0, 0.05) is 11.8 Å². The Labute approximate surface area is 80.3 Å². The van der Waals surface area contributed by atoms with E-state index < -0.39 is 11.5 Å². The Morgan fingerprint density at radius 2 is 2.38 bits per heavy atom. The number of nitrogens with two attached hydrogens (primary N) is 1. The van der Waals surface area contributed by atoms with Gasteiger partial charge in [0.05, 0.1) is 17.2 Å². The molecule has 0 aliphatic carbocycles. The Hall–Kier alpha value is -0.710. The molecule has 72 valence electrons. The number of nitrogens with zero attached hydrogens (tertiary/aromatic N) is 1. The smallest absolute Gasteiger partial charge is 0.218 e. The van der Waals surface area contributed by atoms with E-state index in [4.69, 9.17) is 22.4 Å². The number of rotatable bonds is 2. The normalized spacial score (nSPS) is 15.5. The van der Waals surface area contributed by atoms with E-state index in [9.17, 15) is 4.39 Å². The Kier molecular flexibility index (Phi) is 2.85. The van der Waals surface area contributed by atoms with Gasteiger partial charge in [-0.15, -0.1) is 0 Å². The molecule has 0 spiro atoms. The van der Waals surface area contributed by atoms with Crippen LogP contribution >= 0.6 is 11.6 Å². The van der Waals surface area contributed by atoms with Crippen molar-refractivity contribution in [2.24, 2.45) is 5.73 Å². The van der Waals surface area contributed by atoms with Crippen molar-refractivity contribution >= 4 is 11.6 Å². The number of hydrogen-bond acceptors (Lipinski definition) is 3. The summed E-state index contributed by atoms with van der Waals surface area (Å²) in [5, 5.41) is 9.19. The highest BCUT2D eigenvalue weighted by Crippen LogP contribution is 2.22. The second-order valence-corrected chi connectivity index (χ2v) is 3.50. The molecule has 0 amide bonds. The highest BCUT2D eigenvalue weighted by atomic mass is 35.5. The first-order valence-corrected chi connectivity index (χ1v) is 4.06. The third-order valence-corrected chi connectivity index (χ3v) is 1.96. The fourth-order valence-electron chi connectivity index (χ4n) is 0.908. The lowest BCUT2D eigenvalue weighted by molar-refractivity contribution is 0.205. The fourth-order valence-corrected chi connectivity index (χ4v) is 1.07. The van der Waals surface area contributed by atoms with Gasteiger partial charge in [0.25, 0.3) is 0 Å². The first-order chi connectivity index (χ1) is 5.97. The van der Waals surface area contributed by atoms with Gasteiger partial charge < -0.3 is 10.8 Å². The summed E-state index contributed by atoms with van der Waals surface area (Å²) in [7, 11) is 0. The molecule has 0 saturated carbocycles. The van der Waals surface area contributed by atoms with E-state index in [1.165, 1.54) is 19.2 Å². The lowest BCUT2D eigenvalue weighted by Gasteiger charge is -2.22. The summed E-state index contributed by atoms with van der Waals surface area (Å²) in [4.78, 5) is 3.40. The molecule has 3 nitrogen and oxygen atoms in total. The first kappa shape index (κ1) is 10.4. The number of pyridine rings is 1. The van der Waals surface area contributed by atoms with Crippen LogP contribution in [0.5, 0.6) is 0 Å². The molecule has 1 aromatic rings. The minimum Gasteiger partial charge on any atom is -0.394 e. The number of aliphatic hydroxyl groups is 1. The Morgan fingerprint density at radius 3 is 2.92 bits per heavy atom. The average Bonchev–Trinajstić information content (AvgIpc) is 2.09. The summed E-state index contributed by atoms with van der Waals surface area (Å²) in [6.45, 7) is 1.13. The maximum Gasteiger partial charge on any atom is 0.218 e. The minimum atomic E-state index is -1.15.